The lowest BCUT2D eigenvalue weighted by molar-refractivity contribution is -0.385. The van der Waals surface area contributed by atoms with E-state index in [1.807, 2.05) is 0 Å². The van der Waals surface area contributed by atoms with Crippen molar-refractivity contribution < 1.29 is 19.2 Å². The molecule has 6 nitrogen and oxygen atoms in total. The van der Waals surface area contributed by atoms with Crippen molar-refractivity contribution >= 4 is 11.6 Å². The SMILES string of the molecule is CC(C)C(O)CNC(=O)c1ccc(F)cc1[N+](=O)[O-]. The van der Waals surface area contributed by atoms with Crippen LogP contribution in [-0.4, -0.2) is 28.6 Å². The van der Waals surface area contributed by atoms with Gasteiger partial charge in [0.15, 0.2) is 0 Å². The second kappa shape index (κ2) is 6.24. The molecule has 0 bridgehead atoms. The summed E-state index contributed by atoms with van der Waals surface area (Å²) < 4.78 is 12.9. The number of nitro groups is 1. The summed E-state index contributed by atoms with van der Waals surface area (Å²) in [5, 5.41) is 22.6. The first-order valence-electron chi connectivity index (χ1n) is 5.73. The lowest BCUT2D eigenvalue weighted by Crippen LogP contribution is -2.35. The van der Waals surface area contributed by atoms with E-state index in [0.717, 1.165) is 12.1 Å². The molecular formula is C12H15FN2O4. The van der Waals surface area contributed by atoms with Crippen LogP contribution in [0.3, 0.4) is 0 Å². The molecule has 0 spiro atoms. The van der Waals surface area contributed by atoms with E-state index in [-0.39, 0.29) is 18.0 Å². The number of amides is 1. The highest BCUT2D eigenvalue weighted by Crippen LogP contribution is 2.19. The van der Waals surface area contributed by atoms with Gasteiger partial charge < -0.3 is 10.4 Å². The van der Waals surface area contributed by atoms with E-state index in [0.29, 0.717) is 6.07 Å². The van der Waals surface area contributed by atoms with E-state index in [1.165, 1.54) is 0 Å². The van der Waals surface area contributed by atoms with Gasteiger partial charge in [0.05, 0.1) is 17.1 Å². The number of halogens is 1. The van der Waals surface area contributed by atoms with Gasteiger partial charge in [0.1, 0.15) is 11.4 Å². The van der Waals surface area contributed by atoms with Crippen molar-refractivity contribution in [1.29, 1.82) is 0 Å². The highest BCUT2D eigenvalue weighted by Gasteiger charge is 2.21. The van der Waals surface area contributed by atoms with Crippen LogP contribution in [0.1, 0.15) is 24.2 Å². The van der Waals surface area contributed by atoms with Crippen LogP contribution in [0.4, 0.5) is 10.1 Å². The molecule has 0 saturated heterocycles. The Morgan fingerprint density at radius 1 is 1.53 bits per heavy atom. The zero-order valence-corrected chi connectivity index (χ0v) is 10.6. The molecule has 1 unspecified atom stereocenters. The molecule has 0 aliphatic carbocycles. The third kappa shape index (κ3) is 3.99. The molecule has 1 aromatic rings. The maximum Gasteiger partial charge on any atom is 0.285 e. The van der Waals surface area contributed by atoms with Crippen LogP contribution in [0.5, 0.6) is 0 Å². The minimum atomic E-state index is -0.823. The highest BCUT2D eigenvalue weighted by molar-refractivity contribution is 5.98. The summed E-state index contributed by atoms with van der Waals surface area (Å²) in [5.41, 5.74) is -0.834. The van der Waals surface area contributed by atoms with Crippen LogP contribution >= 0.6 is 0 Å². The van der Waals surface area contributed by atoms with E-state index < -0.39 is 28.4 Å². The van der Waals surface area contributed by atoms with E-state index in [2.05, 4.69) is 5.32 Å². The maximum atomic E-state index is 12.9. The fraction of sp³-hybridized carbons (Fsp3) is 0.417. The van der Waals surface area contributed by atoms with Crippen LogP contribution in [0.25, 0.3) is 0 Å². The molecule has 1 aromatic carbocycles. The second-order valence-corrected chi connectivity index (χ2v) is 4.44. The number of carbonyl (C=O) groups is 1. The number of hydrogen-bond donors (Lipinski definition) is 2. The molecule has 0 aromatic heterocycles. The first-order valence-corrected chi connectivity index (χ1v) is 5.73. The highest BCUT2D eigenvalue weighted by atomic mass is 19.1. The maximum absolute atomic E-state index is 12.9. The first-order chi connectivity index (χ1) is 8.82. The summed E-state index contributed by atoms with van der Waals surface area (Å²) >= 11 is 0. The number of nitro benzene ring substituents is 1. The molecule has 19 heavy (non-hydrogen) atoms. The summed E-state index contributed by atoms with van der Waals surface area (Å²) in [4.78, 5) is 21.7. The van der Waals surface area contributed by atoms with Crippen molar-refractivity contribution in [1.82, 2.24) is 5.32 Å². The van der Waals surface area contributed by atoms with Crippen molar-refractivity contribution in [3.8, 4) is 0 Å². The van der Waals surface area contributed by atoms with Gasteiger partial charge in [0.25, 0.3) is 11.6 Å². The molecule has 0 saturated carbocycles. The van der Waals surface area contributed by atoms with Gasteiger partial charge in [0.2, 0.25) is 0 Å². The molecule has 0 aliphatic heterocycles. The average molecular weight is 270 g/mol. The quantitative estimate of drug-likeness (QED) is 0.626. The summed E-state index contributed by atoms with van der Waals surface area (Å²) in [6.45, 7) is 3.53. The molecule has 0 aliphatic rings. The Hall–Kier alpha value is -2.02. The fourth-order valence-electron chi connectivity index (χ4n) is 1.38. The van der Waals surface area contributed by atoms with Crippen LogP contribution in [0, 0.1) is 21.8 Å². The molecule has 0 heterocycles. The Morgan fingerprint density at radius 2 is 2.16 bits per heavy atom. The van der Waals surface area contributed by atoms with Crippen LogP contribution in [0.2, 0.25) is 0 Å². The van der Waals surface area contributed by atoms with Crippen LogP contribution < -0.4 is 5.32 Å². The van der Waals surface area contributed by atoms with Crippen LogP contribution in [0.15, 0.2) is 18.2 Å². The lowest BCUT2D eigenvalue weighted by atomic mass is 10.1. The molecular weight excluding hydrogens is 255 g/mol. The lowest BCUT2D eigenvalue weighted by Gasteiger charge is -2.15. The summed E-state index contributed by atoms with van der Waals surface area (Å²) in [7, 11) is 0. The van der Waals surface area contributed by atoms with Gasteiger partial charge in [-0.1, -0.05) is 13.8 Å². The van der Waals surface area contributed by atoms with Crippen molar-refractivity contribution in [2.75, 3.05) is 6.54 Å². The topological polar surface area (TPSA) is 92.5 Å². The van der Waals surface area contributed by atoms with Gasteiger partial charge >= 0.3 is 0 Å². The van der Waals surface area contributed by atoms with Gasteiger partial charge in [-0.05, 0) is 18.1 Å². The molecule has 7 heteroatoms. The van der Waals surface area contributed by atoms with Gasteiger partial charge in [0, 0.05) is 6.54 Å². The molecule has 1 atom stereocenters. The van der Waals surface area contributed by atoms with E-state index >= 15 is 0 Å². The predicted octanol–water partition coefficient (Wildman–Crippen LogP) is 1.48. The van der Waals surface area contributed by atoms with Gasteiger partial charge in [-0.3, -0.25) is 14.9 Å². The first kappa shape index (κ1) is 15.0. The van der Waals surface area contributed by atoms with Crippen molar-refractivity contribution in [3.05, 3.63) is 39.7 Å². The molecule has 0 radical (unpaired) electrons. The Balaban J connectivity index is 2.85. The fourth-order valence-corrected chi connectivity index (χ4v) is 1.38. The van der Waals surface area contributed by atoms with E-state index in [1.54, 1.807) is 13.8 Å². The minimum Gasteiger partial charge on any atom is -0.391 e. The van der Waals surface area contributed by atoms with Crippen molar-refractivity contribution in [2.45, 2.75) is 20.0 Å². The Morgan fingerprint density at radius 3 is 2.68 bits per heavy atom. The Kier molecular flexibility index (Phi) is 4.94. The summed E-state index contributed by atoms with van der Waals surface area (Å²) in [6.07, 6.45) is -0.747. The standard InChI is InChI=1S/C12H15FN2O4/c1-7(2)11(16)6-14-12(17)9-4-3-8(13)5-10(9)15(18)19/h3-5,7,11,16H,6H2,1-2H3,(H,14,17). The van der Waals surface area contributed by atoms with E-state index in [4.69, 9.17) is 0 Å². The predicted molar refractivity (Wildman–Crippen MR) is 66.2 cm³/mol. The minimum absolute atomic E-state index is 0.0228. The number of hydrogen-bond acceptors (Lipinski definition) is 4. The zero-order chi connectivity index (χ0) is 14.6. The zero-order valence-electron chi connectivity index (χ0n) is 10.6. The largest absolute Gasteiger partial charge is 0.391 e. The molecule has 1 rings (SSSR count). The Bertz CT molecular complexity index is 491. The smallest absolute Gasteiger partial charge is 0.285 e. The van der Waals surface area contributed by atoms with Gasteiger partial charge in [-0.25, -0.2) is 4.39 Å². The summed E-state index contributed by atoms with van der Waals surface area (Å²) in [5.74, 6) is -1.56. The molecule has 0 fully saturated rings. The van der Waals surface area contributed by atoms with Crippen LogP contribution in [-0.2, 0) is 0 Å². The molecule has 1 amide bonds. The van der Waals surface area contributed by atoms with Crippen molar-refractivity contribution in [3.63, 3.8) is 0 Å². The second-order valence-electron chi connectivity index (χ2n) is 4.44. The number of aliphatic hydroxyl groups excluding tert-OH is 1. The summed E-state index contributed by atoms with van der Waals surface area (Å²) in [6, 6.07) is 2.71. The normalized spacial score (nSPS) is 12.3. The molecule has 104 valence electrons. The number of nitrogens with zero attached hydrogens (tertiary/aromatic N) is 1. The number of aliphatic hydroxyl groups is 1. The van der Waals surface area contributed by atoms with Gasteiger partial charge in [-0.2, -0.15) is 0 Å². The Labute approximate surface area is 109 Å². The third-order valence-electron chi connectivity index (χ3n) is 2.64. The number of rotatable bonds is 5. The van der Waals surface area contributed by atoms with Crippen molar-refractivity contribution in [2.24, 2.45) is 5.92 Å². The third-order valence-corrected chi connectivity index (χ3v) is 2.64. The number of carbonyl (C=O) groups excluding carboxylic acids is 1. The van der Waals surface area contributed by atoms with Gasteiger partial charge in [-0.15, -0.1) is 0 Å². The number of nitrogens with one attached hydrogen (secondary N) is 1. The van der Waals surface area contributed by atoms with E-state index in [9.17, 15) is 24.4 Å². The average Bonchev–Trinajstić information content (AvgIpc) is 2.35. The number of benzene rings is 1. The molecule has 2 N–H and O–H groups in total. The monoisotopic (exact) mass is 270 g/mol.